The van der Waals surface area contributed by atoms with Gasteiger partial charge in [-0.25, -0.2) is 4.68 Å². The summed E-state index contributed by atoms with van der Waals surface area (Å²) in [6.45, 7) is 9.47. The number of nitrogens with one attached hydrogen (secondary N) is 1. The minimum atomic E-state index is -0.491. The number of amides is 1. The Bertz CT molecular complexity index is 1120. The van der Waals surface area contributed by atoms with Crippen molar-refractivity contribution < 1.29 is 19.1 Å². The van der Waals surface area contributed by atoms with Crippen molar-refractivity contribution in [3.8, 4) is 11.4 Å². The molecule has 0 saturated heterocycles. The van der Waals surface area contributed by atoms with Gasteiger partial charge in [0.15, 0.2) is 6.61 Å². The Balaban J connectivity index is 1.50. The number of hydrogen-bond acceptors (Lipinski definition) is 5. The van der Waals surface area contributed by atoms with E-state index in [1.54, 1.807) is 4.68 Å². The minimum Gasteiger partial charge on any atom is -0.493 e. The van der Waals surface area contributed by atoms with Crippen molar-refractivity contribution in [3.63, 3.8) is 0 Å². The van der Waals surface area contributed by atoms with Crippen molar-refractivity contribution in [3.05, 3.63) is 70.5 Å². The van der Waals surface area contributed by atoms with Gasteiger partial charge in [-0.3, -0.25) is 9.59 Å². The Morgan fingerprint density at radius 3 is 2.38 bits per heavy atom. The number of carbonyl (C=O) groups excluding carboxylic acids is 2. The summed E-state index contributed by atoms with van der Waals surface area (Å²) in [4.78, 5) is 24.3. The van der Waals surface area contributed by atoms with Gasteiger partial charge >= 0.3 is 5.97 Å². The molecule has 7 nitrogen and oxygen atoms in total. The fraction of sp³-hybridized carbons (Fsp3) is 0.320. The molecule has 0 aliphatic carbocycles. The van der Waals surface area contributed by atoms with Crippen LogP contribution < -0.4 is 10.1 Å². The molecule has 1 heterocycles. The highest BCUT2D eigenvalue weighted by molar-refractivity contribution is 5.93. The zero-order valence-electron chi connectivity index (χ0n) is 19.2. The molecule has 0 radical (unpaired) electrons. The molecular formula is C25H29N3O4. The second kappa shape index (κ2) is 10.1. The first kappa shape index (κ1) is 23.1. The van der Waals surface area contributed by atoms with Gasteiger partial charge in [0, 0.05) is 0 Å². The lowest BCUT2D eigenvalue weighted by molar-refractivity contribution is -0.147. The van der Waals surface area contributed by atoms with E-state index in [1.165, 1.54) is 0 Å². The number of aromatic nitrogens is 2. The van der Waals surface area contributed by atoms with Gasteiger partial charge in [0.05, 0.1) is 35.8 Å². The molecule has 7 heteroatoms. The molecule has 0 saturated carbocycles. The minimum absolute atomic E-state index is 0.0596. The van der Waals surface area contributed by atoms with E-state index in [-0.39, 0.29) is 19.6 Å². The monoisotopic (exact) mass is 435 g/mol. The van der Waals surface area contributed by atoms with E-state index >= 15 is 0 Å². The fourth-order valence-corrected chi connectivity index (χ4v) is 3.26. The van der Waals surface area contributed by atoms with Crippen LogP contribution in [0.4, 0.5) is 5.69 Å². The van der Waals surface area contributed by atoms with Crippen LogP contribution in [0.1, 0.15) is 34.5 Å². The first-order valence-corrected chi connectivity index (χ1v) is 10.5. The average Bonchev–Trinajstić information content (AvgIpc) is 3.03. The van der Waals surface area contributed by atoms with Gasteiger partial charge in [-0.15, -0.1) is 0 Å². The standard InChI is InChI=1S/C25H29N3O4/c1-16-7-10-21(11-8-16)28-20(5)25(19(4)27-28)26-23(29)15-32-24(30)12-13-31-22-14-17(2)6-9-18(22)3/h6-11,14H,12-13,15H2,1-5H3,(H,26,29). The summed E-state index contributed by atoms with van der Waals surface area (Å²) in [7, 11) is 0. The van der Waals surface area contributed by atoms with Crippen LogP contribution in [0.25, 0.3) is 5.69 Å². The molecule has 1 N–H and O–H groups in total. The summed E-state index contributed by atoms with van der Waals surface area (Å²) in [5, 5.41) is 7.32. The highest BCUT2D eigenvalue weighted by Gasteiger charge is 2.16. The second-order valence-electron chi connectivity index (χ2n) is 7.87. The SMILES string of the molecule is Cc1ccc(-n2nc(C)c(NC(=O)COC(=O)CCOc3cc(C)ccc3C)c2C)cc1. The van der Waals surface area contributed by atoms with Crippen molar-refractivity contribution >= 4 is 17.6 Å². The fourth-order valence-electron chi connectivity index (χ4n) is 3.26. The summed E-state index contributed by atoms with van der Waals surface area (Å²) in [5.41, 5.74) is 6.25. The Labute approximate surface area is 188 Å². The van der Waals surface area contributed by atoms with Crippen molar-refractivity contribution in [1.82, 2.24) is 9.78 Å². The Morgan fingerprint density at radius 1 is 0.969 bits per heavy atom. The summed E-state index contributed by atoms with van der Waals surface area (Å²) < 4.78 is 12.5. The van der Waals surface area contributed by atoms with E-state index in [2.05, 4.69) is 10.4 Å². The van der Waals surface area contributed by atoms with Crippen molar-refractivity contribution in [2.45, 2.75) is 41.0 Å². The lowest BCUT2D eigenvalue weighted by Crippen LogP contribution is -2.22. The Kier molecular flexibility index (Phi) is 7.30. The third kappa shape index (κ3) is 5.75. The van der Waals surface area contributed by atoms with E-state index < -0.39 is 11.9 Å². The second-order valence-corrected chi connectivity index (χ2v) is 7.87. The Hall–Kier alpha value is -3.61. The molecule has 1 aromatic heterocycles. The summed E-state index contributed by atoms with van der Waals surface area (Å²) in [6, 6.07) is 13.9. The number of esters is 1. The number of hydrogen-bond donors (Lipinski definition) is 1. The average molecular weight is 436 g/mol. The van der Waals surface area contributed by atoms with E-state index in [1.807, 2.05) is 77.1 Å². The molecule has 1 amide bonds. The van der Waals surface area contributed by atoms with Crippen LogP contribution in [0.5, 0.6) is 5.75 Å². The first-order valence-electron chi connectivity index (χ1n) is 10.5. The van der Waals surface area contributed by atoms with E-state index in [0.717, 1.165) is 33.8 Å². The lowest BCUT2D eigenvalue weighted by atomic mass is 10.1. The molecule has 0 unspecified atom stereocenters. The third-order valence-electron chi connectivity index (χ3n) is 5.11. The number of nitrogens with zero attached hydrogens (tertiary/aromatic N) is 2. The van der Waals surface area contributed by atoms with E-state index in [4.69, 9.17) is 9.47 Å². The van der Waals surface area contributed by atoms with Crippen molar-refractivity contribution in [2.24, 2.45) is 0 Å². The normalized spacial score (nSPS) is 10.7. The molecule has 2 aromatic carbocycles. The molecule has 0 aliphatic rings. The van der Waals surface area contributed by atoms with Gasteiger partial charge < -0.3 is 14.8 Å². The maximum absolute atomic E-state index is 12.3. The Morgan fingerprint density at radius 2 is 1.66 bits per heavy atom. The van der Waals surface area contributed by atoms with Crippen LogP contribution in [0, 0.1) is 34.6 Å². The molecule has 0 atom stereocenters. The van der Waals surface area contributed by atoms with E-state index in [9.17, 15) is 9.59 Å². The number of rotatable bonds is 8. The highest BCUT2D eigenvalue weighted by Crippen LogP contribution is 2.23. The molecule has 0 fully saturated rings. The number of anilines is 1. The van der Waals surface area contributed by atoms with Crippen LogP contribution >= 0.6 is 0 Å². The molecule has 3 rings (SSSR count). The maximum atomic E-state index is 12.3. The zero-order chi connectivity index (χ0) is 23.3. The van der Waals surface area contributed by atoms with Crippen LogP contribution in [0.15, 0.2) is 42.5 Å². The zero-order valence-corrected chi connectivity index (χ0v) is 19.2. The third-order valence-corrected chi connectivity index (χ3v) is 5.11. The summed E-state index contributed by atoms with van der Waals surface area (Å²) >= 11 is 0. The first-order chi connectivity index (χ1) is 15.2. The molecule has 32 heavy (non-hydrogen) atoms. The lowest BCUT2D eigenvalue weighted by Gasteiger charge is -2.10. The predicted octanol–water partition coefficient (Wildman–Crippen LogP) is 4.37. The molecule has 3 aromatic rings. The quantitative estimate of drug-likeness (QED) is 0.532. The van der Waals surface area contributed by atoms with Gasteiger partial charge in [0.2, 0.25) is 0 Å². The summed E-state index contributed by atoms with van der Waals surface area (Å²) in [5.74, 6) is -0.162. The molecule has 168 valence electrons. The summed E-state index contributed by atoms with van der Waals surface area (Å²) in [6.07, 6.45) is 0.0596. The molecule has 0 bridgehead atoms. The molecule has 0 aliphatic heterocycles. The smallest absolute Gasteiger partial charge is 0.309 e. The van der Waals surface area contributed by atoms with Gasteiger partial charge in [-0.1, -0.05) is 29.8 Å². The number of ether oxygens (including phenoxy) is 2. The van der Waals surface area contributed by atoms with Gasteiger partial charge in [-0.05, 0) is 63.9 Å². The predicted molar refractivity (Wildman–Crippen MR) is 123 cm³/mol. The molecular weight excluding hydrogens is 406 g/mol. The molecule has 0 spiro atoms. The van der Waals surface area contributed by atoms with Gasteiger partial charge in [0.1, 0.15) is 5.75 Å². The van der Waals surface area contributed by atoms with Crippen molar-refractivity contribution in [1.29, 1.82) is 0 Å². The highest BCUT2D eigenvalue weighted by atomic mass is 16.5. The largest absolute Gasteiger partial charge is 0.493 e. The van der Waals surface area contributed by atoms with Crippen LogP contribution in [-0.2, 0) is 14.3 Å². The van der Waals surface area contributed by atoms with Gasteiger partial charge in [0.25, 0.3) is 5.91 Å². The van der Waals surface area contributed by atoms with Crippen LogP contribution in [0.2, 0.25) is 0 Å². The van der Waals surface area contributed by atoms with Crippen molar-refractivity contribution in [2.75, 3.05) is 18.5 Å². The van der Waals surface area contributed by atoms with Gasteiger partial charge in [-0.2, -0.15) is 5.10 Å². The number of aryl methyl sites for hydroxylation is 4. The topological polar surface area (TPSA) is 82.5 Å². The van der Waals surface area contributed by atoms with Crippen LogP contribution in [-0.4, -0.2) is 34.9 Å². The van der Waals surface area contributed by atoms with E-state index in [0.29, 0.717) is 11.4 Å². The van der Waals surface area contributed by atoms with Crippen LogP contribution in [0.3, 0.4) is 0 Å². The number of carbonyl (C=O) groups is 2. The maximum Gasteiger partial charge on any atom is 0.309 e. The number of benzene rings is 2.